The highest BCUT2D eigenvalue weighted by atomic mass is 16.5. The van der Waals surface area contributed by atoms with E-state index in [0.717, 1.165) is 22.6 Å². The molecule has 0 bridgehead atoms. The van der Waals surface area contributed by atoms with Crippen LogP contribution in [0.1, 0.15) is 16.2 Å². The van der Waals surface area contributed by atoms with E-state index < -0.39 is 0 Å². The van der Waals surface area contributed by atoms with E-state index in [2.05, 4.69) is 10.1 Å². The van der Waals surface area contributed by atoms with Crippen LogP contribution in [0.5, 0.6) is 11.5 Å². The quantitative estimate of drug-likeness (QED) is 0.478. The lowest BCUT2D eigenvalue weighted by molar-refractivity contribution is 0.111. The molecule has 0 aliphatic carbocycles. The van der Waals surface area contributed by atoms with Crippen LogP contribution >= 0.6 is 0 Å². The maximum Gasteiger partial charge on any atom is 0.264 e. The number of fused-ring (bicyclic) bond motifs is 1. The van der Waals surface area contributed by atoms with Gasteiger partial charge in [0.2, 0.25) is 5.82 Å². The number of carbonyl (C=O) groups is 1. The van der Waals surface area contributed by atoms with Crippen molar-refractivity contribution in [3.63, 3.8) is 0 Å². The largest absolute Gasteiger partial charge is 0.497 e. The number of rotatable bonds is 6. The van der Waals surface area contributed by atoms with Crippen molar-refractivity contribution in [3.05, 3.63) is 72.1 Å². The van der Waals surface area contributed by atoms with Gasteiger partial charge < -0.3 is 14.0 Å². The Balaban J connectivity index is 1.55. The summed E-state index contributed by atoms with van der Waals surface area (Å²) in [5, 5.41) is 5.79. The van der Waals surface area contributed by atoms with E-state index in [1.54, 1.807) is 13.2 Å². The molecule has 0 atom stereocenters. The van der Waals surface area contributed by atoms with Gasteiger partial charge in [0, 0.05) is 5.56 Å². The van der Waals surface area contributed by atoms with E-state index in [-0.39, 0.29) is 6.61 Å². The third-order valence-electron chi connectivity index (χ3n) is 4.20. The summed E-state index contributed by atoms with van der Waals surface area (Å²) in [7, 11) is 1.60. The normalized spacial score (nSPS) is 10.7. The Labute approximate surface area is 155 Å². The van der Waals surface area contributed by atoms with E-state index >= 15 is 0 Å². The second-order valence-electron chi connectivity index (χ2n) is 5.85. The van der Waals surface area contributed by atoms with Crippen LogP contribution in [0.15, 0.2) is 65.2 Å². The molecule has 27 heavy (non-hydrogen) atoms. The third kappa shape index (κ3) is 3.37. The number of benzene rings is 3. The molecule has 1 aromatic heterocycles. The van der Waals surface area contributed by atoms with Crippen LogP contribution in [0.4, 0.5) is 0 Å². The Hall–Kier alpha value is -3.67. The Morgan fingerprint density at radius 3 is 2.81 bits per heavy atom. The lowest BCUT2D eigenvalue weighted by Crippen LogP contribution is -1.99. The molecule has 4 rings (SSSR count). The van der Waals surface area contributed by atoms with Crippen molar-refractivity contribution < 1.29 is 18.8 Å². The highest BCUT2D eigenvalue weighted by Gasteiger charge is 2.12. The highest BCUT2D eigenvalue weighted by molar-refractivity contribution is 6.00. The topological polar surface area (TPSA) is 74.5 Å². The van der Waals surface area contributed by atoms with Crippen molar-refractivity contribution in [1.82, 2.24) is 10.1 Å². The zero-order valence-electron chi connectivity index (χ0n) is 14.6. The summed E-state index contributed by atoms with van der Waals surface area (Å²) < 4.78 is 16.2. The number of aromatic nitrogens is 2. The second-order valence-corrected chi connectivity index (χ2v) is 5.85. The summed E-state index contributed by atoms with van der Waals surface area (Å²) in [6.45, 7) is 0.0656. The standard InChI is InChI=1S/C21H16N2O4/c1-25-16-7-4-6-15(11-16)21-22-20(27-23-21)13-26-19-10-9-14-5-2-3-8-17(14)18(19)12-24/h2-12H,13H2,1H3. The first-order chi connectivity index (χ1) is 13.3. The summed E-state index contributed by atoms with van der Waals surface area (Å²) in [5.41, 5.74) is 1.28. The molecule has 0 fully saturated rings. The minimum atomic E-state index is 0.0656. The summed E-state index contributed by atoms with van der Waals surface area (Å²) in [6.07, 6.45) is 0.799. The van der Waals surface area contributed by atoms with E-state index in [1.165, 1.54) is 0 Å². The van der Waals surface area contributed by atoms with Crippen molar-refractivity contribution >= 4 is 17.1 Å². The zero-order valence-corrected chi connectivity index (χ0v) is 14.6. The Morgan fingerprint density at radius 2 is 1.96 bits per heavy atom. The van der Waals surface area contributed by atoms with Gasteiger partial charge in [-0.15, -0.1) is 0 Å². The molecule has 0 aliphatic rings. The van der Waals surface area contributed by atoms with Gasteiger partial charge in [-0.3, -0.25) is 4.79 Å². The van der Waals surface area contributed by atoms with Crippen LogP contribution in [-0.4, -0.2) is 23.5 Å². The molecule has 0 saturated heterocycles. The number of ether oxygens (including phenoxy) is 2. The Bertz CT molecular complexity index is 1100. The van der Waals surface area contributed by atoms with Crippen LogP contribution < -0.4 is 9.47 Å². The van der Waals surface area contributed by atoms with Crippen molar-refractivity contribution in [2.45, 2.75) is 6.61 Å². The van der Waals surface area contributed by atoms with Gasteiger partial charge in [-0.25, -0.2) is 0 Å². The molecule has 0 amide bonds. The maximum atomic E-state index is 11.6. The van der Waals surface area contributed by atoms with Crippen LogP contribution in [0.3, 0.4) is 0 Å². The number of hydrogen-bond donors (Lipinski definition) is 0. The lowest BCUT2D eigenvalue weighted by atomic mass is 10.0. The molecule has 0 unspecified atom stereocenters. The van der Waals surface area contributed by atoms with E-state index in [4.69, 9.17) is 14.0 Å². The van der Waals surface area contributed by atoms with E-state index in [0.29, 0.717) is 28.8 Å². The van der Waals surface area contributed by atoms with Gasteiger partial charge in [0.05, 0.1) is 12.7 Å². The lowest BCUT2D eigenvalue weighted by Gasteiger charge is -2.08. The van der Waals surface area contributed by atoms with E-state index in [1.807, 2.05) is 54.6 Å². The minimum Gasteiger partial charge on any atom is -0.497 e. The first-order valence-corrected chi connectivity index (χ1v) is 8.35. The number of hydrogen-bond acceptors (Lipinski definition) is 6. The molecule has 134 valence electrons. The van der Waals surface area contributed by atoms with Crippen LogP contribution in [-0.2, 0) is 6.61 Å². The predicted molar refractivity (Wildman–Crippen MR) is 100.0 cm³/mol. The van der Waals surface area contributed by atoms with Crippen molar-refractivity contribution in [3.8, 4) is 22.9 Å². The molecule has 6 nitrogen and oxygen atoms in total. The molecular weight excluding hydrogens is 344 g/mol. The predicted octanol–water partition coefficient (Wildman–Crippen LogP) is 4.29. The van der Waals surface area contributed by atoms with Crippen molar-refractivity contribution in [1.29, 1.82) is 0 Å². The average molecular weight is 360 g/mol. The monoisotopic (exact) mass is 360 g/mol. The number of nitrogens with zero attached hydrogens (tertiary/aromatic N) is 2. The Kier molecular flexibility index (Phi) is 4.53. The zero-order chi connectivity index (χ0) is 18.6. The molecule has 4 aromatic rings. The van der Waals surface area contributed by atoms with Crippen LogP contribution in [0.25, 0.3) is 22.2 Å². The van der Waals surface area contributed by atoms with Gasteiger partial charge in [-0.05, 0) is 29.0 Å². The second kappa shape index (κ2) is 7.29. The van der Waals surface area contributed by atoms with Gasteiger partial charge in [0.1, 0.15) is 11.5 Å². The fourth-order valence-electron chi connectivity index (χ4n) is 2.86. The van der Waals surface area contributed by atoms with Crippen LogP contribution in [0, 0.1) is 0 Å². The van der Waals surface area contributed by atoms with E-state index in [9.17, 15) is 4.79 Å². The molecule has 3 aromatic carbocycles. The molecule has 0 aliphatic heterocycles. The molecule has 0 spiro atoms. The van der Waals surface area contributed by atoms with Gasteiger partial charge in [-0.2, -0.15) is 4.98 Å². The molecule has 0 N–H and O–H groups in total. The summed E-state index contributed by atoms with van der Waals surface area (Å²) in [6, 6.07) is 18.7. The maximum absolute atomic E-state index is 11.6. The number of carbonyl (C=O) groups excluding carboxylic acids is 1. The number of aldehydes is 1. The Morgan fingerprint density at radius 1 is 1.07 bits per heavy atom. The smallest absolute Gasteiger partial charge is 0.264 e. The van der Waals surface area contributed by atoms with Gasteiger partial charge in [0.15, 0.2) is 12.9 Å². The fraction of sp³-hybridized carbons (Fsp3) is 0.0952. The van der Waals surface area contributed by atoms with Crippen LogP contribution in [0.2, 0.25) is 0 Å². The first-order valence-electron chi connectivity index (χ1n) is 8.35. The molecule has 1 heterocycles. The third-order valence-corrected chi connectivity index (χ3v) is 4.20. The fourth-order valence-corrected chi connectivity index (χ4v) is 2.86. The van der Waals surface area contributed by atoms with Crippen molar-refractivity contribution in [2.75, 3.05) is 7.11 Å². The SMILES string of the molecule is COc1cccc(-c2noc(COc3ccc4ccccc4c3C=O)n2)c1. The summed E-state index contributed by atoms with van der Waals surface area (Å²) >= 11 is 0. The van der Waals surface area contributed by atoms with Gasteiger partial charge in [-0.1, -0.05) is 47.6 Å². The average Bonchev–Trinajstić information content (AvgIpc) is 3.21. The number of methoxy groups -OCH3 is 1. The van der Waals surface area contributed by atoms with Gasteiger partial charge in [0.25, 0.3) is 5.89 Å². The molecule has 6 heteroatoms. The highest BCUT2D eigenvalue weighted by Crippen LogP contribution is 2.27. The van der Waals surface area contributed by atoms with Crippen molar-refractivity contribution in [2.24, 2.45) is 0 Å². The minimum absolute atomic E-state index is 0.0656. The summed E-state index contributed by atoms with van der Waals surface area (Å²) in [4.78, 5) is 15.9. The first kappa shape index (κ1) is 16.8. The van der Waals surface area contributed by atoms with Gasteiger partial charge >= 0.3 is 0 Å². The summed E-state index contributed by atoms with van der Waals surface area (Å²) in [5.74, 6) is 1.95. The molecule has 0 saturated carbocycles. The molecular formula is C21H16N2O4. The molecule has 0 radical (unpaired) electrons.